The fraction of sp³-hybridized carbons (Fsp3) is 0.500. The lowest BCUT2D eigenvalue weighted by Crippen LogP contribution is -2.29. The molecule has 1 fully saturated rings. The van der Waals surface area contributed by atoms with E-state index in [0.717, 1.165) is 32.2 Å². The Morgan fingerprint density at radius 3 is 2.88 bits per heavy atom. The van der Waals surface area contributed by atoms with Crippen molar-refractivity contribution in [3.8, 4) is 0 Å². The zero-order valence-electron chi connectivity index (χ0n) is 14.8. The number of rotatable bonds is 3. The zero-order valence-corrected chi connectivity index (χ0v) is 14.8. The summed E-state index contributed by atoms with van der Waals surface area (Å²) < 4.78 is 4.99. The maximum Gasteiger partial charge on any atom is 0.308 e. The van der Waals surface area contributed by atoms with Crippen LogP contribution in [0.1, 0.15) is 42.4 Å². The average molecular weight is 326 g/mol. The Hall–Kier alpha value is -2.10. The number of aryl methyl sites for hydroxylation is 1. The van der Waals surface area contributed by atoms with E-state index in [0.29, 0.717) is 0 Å². The van der Waals surface area contributed by atoms with Crippen LogP contribution in [0.3, 0.4) is 0 Å². The molecule has 128 valence electrons. The van der Waals surface area contributed by atoms with Gasteiger partial charge >= 0.3 is 5.97 Å². The van der Waals surface area contributed by atoms with Crippen molar-refractivity contribution in [3.63, 3.8) is 0 Å². The molecule has 0 spiro atoms. The number of ether oxygens (including phenoxy) is 1. The van der Waals surface area contributed by atoms with Gasteiger partial charge in [0.2, 0.25) is 0 Å². The summed E-state index contributed by atoms with van der Waals surface area (Å²) in [6, 6.07) is 6.68. The van der Waals surface area contributed by atoms with Gasteiger partial charge in [-0.15, -0.1) is 0 Å². The van der Waals surface area contributed by atoms with Gasteiger partial charge in [0.25, 0.3) is 0 Å². The molecule has 1 N–H and O–H groups in total. The number of hydrogen-bond acceptors (Lipinski definition) is 4. The van der Waals surface area contributed by atoms with Crippen molar-refractivity contribution < 1.29 is 9.53 Å². The van der Waals surface area contributed by atoms with E-state index in [2.05, 4.69) is 42.4 Å². The average Bonchev–Trinajstić information content (AvgIpc) is 3.12. The van der Waals surface area contributed by atoms with Crippen molar-refractivity contribution in [3.05, 3.63) is 40.5 Å². The molecule has 2 aliphatic rings. The van der Waals surface area contributed by atoms with Crippen molar-refractivity contribution >= 4 is 17.9 Å². The first-order chi connectivity index (χ1) is 11.6. The van der Waals surface area contributed by atoms with Gasteiger partial charge in [-0.2, -0.15) is 0 Å². The minimum absolute atomic E-state index is 0.0128. The first-order valence-corrected chi connectivity index (χ1v) is 8.72. The summed E-state index contributed by atoms with van der Waals surface area (Å²) in [6.45, 7) is 5.09. The molecule has 24 heavy (non-hydrogen) atoms. The molecular weight excluding hydrogens is 300 g/mol. The first-order valence-electron chi connectivity index (χ1n) is 8.72. The highest BCUT2D eigenvalue weighted by Crippen LogP contribution is 2.37. The van der Waals surface area contributed by atoms with E-state index < -0.39 is 0 Å². The summed E-state index contributed by atoms with van der Waals surface area (Å²) in [4.78, 5) is 16.4. The van der Waals surface area contributed by atoms with Crippen molar-refractivity contribution in [1.82, 2.24) is 5.32 Å². The lowest BCUT2D eigenvalue weighted by molar-refractivity contribution is -0.146. The van der Waals surface area contributed by atoms with Crippen LogP contribution in [0.2, 0.25) is 0 Å². The fourth-order valence-electron chi connectivity index (χ4n) is 3.87. The summed E-state index contributed by atoms with van der Waals surface area (Å²) >= 11 is 0. The van der Waals surface area contributed by atoms with E-state index in [1.165, 1.54) is 34.9 Å². The molecule has 1 aliphatic carbocycles. The number of carbonyl (C=O) groups excluding carboxylic acids is 1. The van der Waals surface area contributed by atoms with E-state index in [1.807, 2.05) is 0 Å². The molecule has 0 bridgehead atoms. The predicted molar refractivity (Wildman–Crippen MR) is 97.1 cm³/mol. The highest BCUT2D eigenvalue weighted by molar-refractivity contribution is 5.80. The van der Waals surface area contributed by atoms with Crippen LogP contribution in [0.25, 0.3) is 5.57 Å². The van der Waals surface area contributed by atoms with Gasteiger partial charge in [0, 0.05) is 0 Å². The first kappa shape index (κ1) is 16.7. The van der Waals surface area contributed by atoms with Gasteiger partial charge in [-0.05, 0) is 61.8 Å². The maximum absolute atomic E-state index is 12.0. The minimum atomic E-state index is -0.0804. The van der Waals surface area contributed by atoms with Crippen LogP contribution in [0, 0.1) is 19.8 Å². The highest BCUT2D eigenvalue weighted by atomic mass is 16.5. The molecule has 1 heterocycles. The number of methoxy groups -OCH3 is 1. The van der Waals surface area contributed by atoms with Crippen LogP contribution in [0.5, 0.6) is 0 Å². The van der Waals surface area contributed by atoms with Crippen LogP contribution in [-0.2, 0) is 9.53 Å². The van der Waals surface area contributed by atoms with Crippen LogP contribution in [0.4, 0.5) is 0 Å². The number of nitrogens with zero attached hydrogens (tertiary/aromatic N) is 1. The molecule has 2 unspecified atom stereocenters. The molecule has 1 aliphatic heterocycles. The second-order valence-corrected chi connectivity index (χ2v) is 6.79. The number of aliphatic imine (C=N–C) groups is 1. The van der Waals surface area contributed by atoms with E-state index in [-0.39, 0.29) is 17.9 Å². The fourth-order valence-corrected chi connectivity index (χ4v) is 3.87. The van der Waals surface area contributed by atoms with Gasteiger partial charge in [-0.3, -0.25) is 9.79 Å². The molecule has 4 nitrogen and oxygen atoms in total. The molecule has 0 amide bonds. The second kappa shape index (κ2) is 7.20. The van der Waals surface area contributed by atoms with E-state index in [4.69, 9.17) is 4.74 Å². The molecule has 4 heteroatoms. The van der Waals surface area contributed by atoms with Gasteiger partial charge in [-0.1, -0.05) is 23.8 Å². The Kier molecular flexibility index (Phi) is 5.03. The van der Waals surface area contributed by atoms with Crippen molar-refractivity contribution in [2.45, 2.75) is 45.6 Å². The van der Waals surface area contributed by atoms with Gasteiger partial charge in [-0.25, -0.2) is 0 Å². The summed E-state index contributed by atoms with van der Waals surface area (Å²) in [5, 5.41) is 3.39. The Morgan fingerprint density at radius 1 is 1.33 bits per heavy atom. The molecule has 0 aromatic heterocycles. The lowest BCUT2D eigenvalue weighted by Gasteiger charge is -2.28. The summed E-state index contributed by atoms with van der Waals surface area (Å²) in [5.41, 5.74) is 6.62. The lowest BCUT2D eigenvalue weighted by atomic mass is 9.79. The van der Waals surface area contributed by atoms with E-state index >= 15 is 0 Å². The van der Waals surface area contributed by atoms with Crippen molar-refractivity contribution in [2.75, 3.05) is 13.7 Å². The Morgan fingerprint density at radius 2 is 2.17 bits per heavy atom. The summed E-state index contributed by atoms with van der Waals surface area (Å²) in [7, 11) is 1.48. The third-order valence-corrected chi connectivity index (χ3v) is 5.34. The smallest absolute Gasteiger partial charge is 0.308 e. The van der Waals surface area contributed by atoms with Gasteiger partial charge < -0.3 is 10.1 Å². The van der Waals surface area contributed by atoms with E-state index in [9.17, 15) is 4.79 Å². The van der Waals surface area contributed by atoms with Crippen LogP contribution in [-0.4, -0.2) is 32.0 Å². The molecule has 1 aromatic carbocycles. The van der Waals surface area contributed by atoms with Crippen LogP contribution >= 0.6 is 0 Å². The van der Waals surface area contributed by atoms with Crippen molar-refractivity contribution in [2.24, 2.45) is 10.9 Å². The minimum Gasteiger partial charge on any atom is -0.469 e. The molecule has 2 atom stereocenters. The standard InChI is InChI=1S/C20H26N2O2/c1-13-6-4-9-17(14(13)2)19(18-11-21-12-22-18)15-7-5-8-16(10-15)20(23)24-3/h4,6,9,12,16,18H,5,7-8,10-11H2,1-3H3,(H,21,22)/b19-15-. The second-order valence-electron chi connectivity index (χ2n) is 6.79. The number of allylic oxidation sites excluding steroid dienone is 1. The third kappa shape index (κ3) is 3.23. The summed E-state index contributed by atoms with van der Waals surface area (Å²) in [5.74, 6) is -0.0932. The Labute approximate surface area is 144 Å². The number of hydrogen-bond donors (Lipinski definition) is 1. The normalized spacial score (nSPS) is 25.3. The largest absolute Gasteiger partial charge is 0.469 e. The third-order valence-electron chi connectivity index (χ3n) is 5.34. The van der Waals surface area contributed by atoms with E-state index in [1.54, 1.807) is 6.34 Å². The maximum atomic E-state index is 12.0. The Balaban J connectivity index is 2.04. The molecule has 3 rings (SSSR count). The summed E-state index contributed by atoms with van der Waals surface area (Å²) in [6.07, 6.45) is 5.61. The topological polar surface area (TPSA) is 50.7 Å². The molecular formula is C20H26N2O2. The Bertz CT molecular complexity index is 683. The number of nitrogens with one attached hydrogen (secondary N) is 1. The molecule has 0 radical (unpaired) electrons. The number of benzene rings is 1. The predicted octanol–water partition coefficient (Wildman–Crippen LogP) is 3.42. The van der Waals surface area contributed by atoms with Crippen molar-refractivity contribution in [1.29, 1.82) is 0 Å². The number of carbonyl (C=O) groups is 1. The molecule has 1 saturated carbocycles. The molecule has 1 aromatic rings. The van der Waals surface area contributed by atoms with Crippen LogP contribution in [0.15, 0.2) is 28.8 Å². The monoisotopic (exact) mass is 326 g/mol. The van der Waals surface area contributed by atoms with Gasteiger partial charge in [0.15, 0.2) is 0 Å². The van der Waals surface area contributed by atoms with Crippen LogP contribution < -0.4 is 5.32 Å². The molecule has 0 saturated heterocycles. The zero-order chi connectivity index (χ0) is 17.1. The number of esters is 1. The van der Waals surface area contributed by atoms with Gasteiger partial charge in [0.1, 0.15) is 0 Å². The highest BCUT2D eigenvalue weighted by Gasteiger charge is 2.30. The van der Waals surface area contributed by atoms with Gasteiger partial charge in [0.05, 0.1) is 32.0 Å². The SMILES string of the molecule is COC(=O)C1CCC/C(=C(\c2cccc(C)c2C)C2CN=CN2)C1. The quantitative estimate of drug-likeness (QED) is 0.866.